The Morgan fingerprint density at radius 1 is 1.00 bits per heavy atom. The van der Waals surface area contributed by atoms with Crippen molar-refractivity contribution >= 4 is 9.84 Å². The van der Waals surface area contributed by atoms with E-state index in [0.29, 0.717) is 22.8 Å². The Balaban J connectivity index is 3.23. The lowest BCUT2D eigenvalue weighted by molar-refractivity contribution is 0.324. The molecule has 0 saturated carbocycles. The molecule has 6 heteroatoms. The Kier molecular flexibility index (Phi) is 4.84. The summed E-state index contributed by atoms with van der Waals surface area (Å²) < 4.78 is 38.7. The van der Waals surface area contributed by atoms with Crippen LogP contribution in [0.2, 0.25) is 0 Å². The number of benzene rings is 1. The van der Waals surface area contributed by atoms with E-state index >= 15 is 0 Å². The molecule has 5 nitrogen and oxygen atoms in total. The third-order valence-corrected chi connectivity index (χ3v) is 4.20. The minimum Gasteiger partial charge on any atom is -0.493 e. The lowest BCUT2D eigenvalue weighted by atomic mass is 10.2. The monoisotopic (exact) mass is 274 g/mol. The third-order valence-electron chi connectivity index (χ3n) is 2.55. The van der Waals surface area contributed by atoms with Crippen molar-refractivity contribution in [1.29, 1.82) is 0 Å². The molecular formula is C12H18O5S. The molecule has 0 saturated heterocycles. The fourth-order valence-corrected chi connectivity index (χ4v) is 2.45. The molecule has 0 spiro atoms. The van der Waals surface area contributed by atoms with E-state index in [-0.39, 0.29) is 11.5 Å². The zero-order chi connectivity index (χ0) is 13.8. The van der Waals surface area contributed by atoms with Crippen LogP contribution in [0.1, 0.15) is 12.5 Å². The summed E-state index contributed by atoms with van der Waals surface area (Å²) in [7, 11) is 1.40. The van der Waals surface area contributed by atoms with Crippen molar-refractivity contribution in [3.05, 3.63) is 17.7 Å². The van der Waals surface area contributed by atoms with E-state index in [0.717, 1.165) is 0 Å². The van der Waals surface area contributed by atoms with E-state index in [2.05, 4.69) is 0 Å². The van der Waals surface area contributed by atoms with Crippen molar-refractivity contribution < 1.29 is 22.6 Å². The number of ether oxygens (including phenoxy) is 3. The van der Waals surface area contributed by atoms with E-state index in [4.69, 9.17) is 14.2 Å². The molecule has 0 aliphatic heterocycles. The van der Waals surface area contributed by atoms with Gasteiger partial charge in [0.15, 0.2) is 21.3 Å². The molecule has 1 rings (SSSR count). The number of sulfone groups is 1. The first-order valence-electron chi connectivity index (χ1n) is 5.46. The largest absolute Gasteiger partial charge is 0.493 e. The van der Waals surface area contributed by atoms with Crippen LogP contribution in [0.25, 0.3) is 0 Å². The molecule has 0 N–H and O–H groups in total. The summed E-state index contributed by atoms with van der Waals surface area (Å²) in [5.41, 5.74) is 0.617. The number of hydrogen-bond acceptors (Lipinski definition) is 5. The normalized spacial score (nSPS) is 11.1. The molecule has 0 amide bonds. The van der Waals surface area contributed by atoms with Gasteiger partial charge in [0.1, 0.15) is 0 Å². The molecule has 0 aliphatic rings. The Labute approximate surface area is 108 Å². The first-order valence-corrected chi connectivity index (χ1v) is 7.28. The van der Waals surface area contributed by atoms with Crippen LogP contribution >= 0.6 is 0 Å². The van der Waals surface area contributed by atoms with Gasteiger partial charge in [-0.3, -0.25) is 0 Å². The summed E-state index contributed by atoms with van der Waals surface area (Å²) in [5.74, 6) is 1.43. The molecule has 18 heavy (non-hydrogen) atoms. The summed E-state index contributed by atoms with van der Waals surface area (Å²) in [6, 6.07) is 3.29. The third kappa shape index (κ3) is 3.29. The van der Waals surface area contributed by atoms with Crippen molar-refractivity contribution in [3.8, 4) is 17.2 Å². The van der Waals surface area contributed by atoms with Crippen LogP contribution in [-0.4, -0.2) is 35.5 Å². The zero-order valence-corrected chi connectivity index (χ0v) is 11.8. The van der Waals surface area contributed by atoms with Gasteiger partial charge < -0.3 is 14.2 Å². The smallest absolute Gasteiger partial charge is 0.203 e. The van der Waals surface area contributed by atoms with Gasteiger partial charge in [-0.1, -0.05) is 6.92 Å². The summed E-state index contributed by atoms with van der Waals surface area (Å²) in [6.45, 7) is 1.62. The van der Waals surface area contributed by atoms with Gasteiger partial charge in [-0.05, 0) is 17.7 Å². The van der Waals surface area contributed by atoms with Crippen LogP contribution in [0, 0.1) is 0 Å². The lowest BCUT2D eigenvalue weighted by Crippen LogP contribution is -2.07. The van der Waals surface area contributed by atoms with Gasteiger partial charge in [0, 0.05) is 5.75 Å². The highest BCUT2D eigenvalue weighted by Gasteiger charge is 2.16. The van der Waals surface area contributed by atoms with Crippen LogP contribution in [0.3, 0.4) is 0 Å². The predicted octanol–water partition coefficient (Wildman–Crippen LogP) is 1.65. The molecular weight excluding hydrogens is 256 g/mol. The molecule has 1 aromatic carbocycles. The average molecular weight is 274 g/mol. The van der Waals surface area contributed by atoms with Gasteiger partial charge in [-0.15, -0.1) is 0 Å². The zero-order valence-electron chi connectivity index (χ0n) is 11.0. The quantitative estimate of drug-likeness (QED) is 0.789. The fourth-order valence-electron chi connectivity index (χ4n) is 1.57. The van der Waals surface area contributed by atoms with Crippen molar-refractivity contribution in [1.82, 2.24) is 0 Å². The second-order valence-corrected chi connectivity index (χ2v) is 6.06. The Bertz CT molecular complexity index is 482. The van der Waals surface area contributed by atoms with Gasteiger partial charge in [0.2, 0.25) is 5.75 Å². The minimum atomic E-state index is -3.09. The highest BCUT2D eigenvalue weighted by molar-refractivity contribution is 7.90. The first kappa shape index (κ1) is 14.6. The Morgan fingerprint density at radius 3 is 1.83 bits per heavy atom. The molecule has 0 aromatic heterocycles. The molecule has 0 bridgehead atoms. The number of hydrogen-bond donors (Lipinski definition) is 0. The Hall–Kier alpha value is -1.43. The van der Waals surface area contributed by atoms with Gasteiger partial charge >= 0.3 is 0 Å². The highest BCUT2D eigenvalue weighted by atomic mass is 32.2. The SMILES string of the molecule is CCS(=O)(=O)Cc1cc(OC)c(OC)c(OC)c1. The van der Waals surface area contributed by atoms with E-state index in [1.165, 1.54) is 21.3 Å². The summed E-state index contributed by atoms with van der Waals surface area (Å²) in [6.07, 6.45) is 0. The number of methoxy groups -OCH3 is 3. The maximum atomic E-state index is 11.6. The summed E-state index contributed by atoms with van der Waals surface area (Å²) >= 11 is 0. The predicted molar refractivity (Wildman–Crippen MR) is 69.3 cm³/mol. The Morgan fingerprint density at radius 2 is 1.50 bits per heavy atom. The van der Waals surface area contributed by atoms with Crippen LogP contribution in [0.5, 0.6) is 17.2 Å². The minimum absolute atomic E-state index is 0.0415. The van der Waals surface area contributed by atoms with Crippen LogP contribution < -0.4 is 14.2 Å². The molecule has 1 aromatic rings. The maximum Gasteiger partial charge on any atom is 0.203 e. The first-order chi connectivity index (χ1) is 8.47. The van der Waals surface area contributed by atoms with Crippen molar-refractivity contribution in [2.75, 3.05) is 27.1 Å². The standard InChI is InChI=1S/C12H18O5S/c1-5-18(13,14)8-9-6-10(15-2)12(17-4)11(7-9)16-3/h6-7H,5,8H2,1-4H3. The molecule has 0 fully saturated rings. The van der Waals surface area contributed by atoms with Crippen LogP contribution in [0.4, 0.5) is 0 Å². The average Bonchev–Trinajstić information content (AvgIpc) is 2.37. The second kappa shape index (κ2) is 5.95. The van der Waals surface area contributed by atoms with Gasteiger partial charge in [-0.25, -0.2) is 8.42 Å². The summed E-state index contributed by atoms with van der Waals surface area (Å²) in [5, 5.41) is 0. The van der Waals surface area contributed by atoms with Gasteiger partial charge in [0.25, 0.3) is 0 Å². The lowest BCUT2D eigenvalue weighted by Gasteiger charge is -2.14. The second-order valence-electron chi connectivity index (χ2n) is 3.71. The van der Waals surface area contributed by atoms with Crippen LogP contribution in [0.15, 0.2) is 12.1 Å². The molecule has 0 aliphatic carbocycles. The van der Waals surface area contributed by atoms with Gasteiger partial charge in [-0.2, -0.15) is 0 Å². The molecule has 0 atom stereocenters. The maximum absolute atomic E-state index is 11.6. The molecule has 0 unspecified atom stereocenters. The molecule has 102 valence electrons. The van der Waals surface area contributed by atoms with Crippen molar-refractivity contribution in [3.63, 3.8) is 0 Å². The number of rotatable bonds is 6. The van der Waals surface area contributed by atoms with Crippen molar-refractivity contribution in [2.24, 2.45) is 0 Å². The van der Waals surface area contributed by atoms with E-state index < -0.39 is 9.84 Å². The van der Waals surface area contributed by atoms with E-state index in [1.54, 1.807) is 19.1 Å². The van der Waals surface area contributed by atoms with Gasteiger partial charge in [0.05, 0.1) is 27.1 Å². The van der Waals surface area contributed by atoms with Crippen molar-refractivity contribution in [2.45, 2.75) is 12.7 Å². The van der Waals surface area contributed by atoms with E-state index in [1.807, 2.05) is 0 Å². The highest BCUT2D eigenvalue weighted by Crippen LogP contribution is 2.38. The van der Waals surface area contributed by atoms with Crippen LogP contribution in [-0.2, 0) is 15.6 Å². The molecule has 0 radical (unpaired) electrons. The van der Waals surface area contributed by atoms with E-state index in [9.17, 15) is 8.42 Å². The fraction of sp³-hybridized carbons (Fsp3) is 0.500. The molecule has 0 heterocycles. The topological polar surface area (TPSA) is 61.8 Å². The summed E-state index contributed by atoms with van der Waals surface area (Å²) in [4.78, 5) is 0.